The van der Waals surface area contributed by atoms with Crippen LogP contribution >= 0.6 is 11.8 Å². The van der Waals surface area contributed by atoms with E-state index in [4.69, 9.17) is 4.74 Å². The van der Waals surface area contributed by atoms with Crippen LogP contribution in [0.15, 0.2) is 64.5 Å². The fourth-order valence-corrected chi connectivity index (χ4v) is 3.94. The molecule has 174 valence electrons. The molecule has 0 aliphatic carbocycles. The second kappa shape index (κ2) is 10.4. The van der Waals surface area contributed by atoms with Crippen molar-refractivity contribution in [1.82, 2.24) is 4.98 Å². The number of pyridine rings is 1. The van der Waals surface area contributed by atoms with Crippen LogP contribution in [0, 0.1) is 18.3 Å². The van der Waals surface area contributed by atoms with Crippen molar-refractivity contribution in [3.8, 4) is 6.07 Å². The minimum atomic E-state index is -4.58. The fourth-order valence-electron chi connectivity index (χ4n) is 2.92. The number of amides is 1. The Kier molecular flexibility index (Phi) is 7.58. The number of anilines is 1. The van der Waals surface area contributed by atoms with Gasteiger partial charge in [0.05, 0.1) is 34.7 Å². The summed E-state index contributed by atoms with van der Waals surface area (Å²) in [6.07, 6.45) is -4.58. The number of aromatic nitrogens is 1. The molecule has 0 radical (unpaired) electrons. The first-order valence-corrected chi connectivity index (χ1v) is 10.8. The Morgan fingerprint density at radius 1 is 1.15 bits per heavy atom. The molecule has 1 N–H and O–H groups in total. The third kappa shape index (κ3) is 5.74. The Balaban J connectivity index is 1.94. The van der Waals surface area contributed by atoms with E-state index in [1.807, 2.05) is 6.07 Å². The Labute approximate surface area is 197 Å². The number of carbonyl (C=O) groups excluding carboxylic acids is 2. The molecule has 10 heteroatoms. The molecule has 0 atom stereocenters. The topological polar surface area (TPSA) is 92.1 Å². The first-order chi connectivity index (χ1) is 16.1. The van der Waals surface area contributed by atoms with E-state index in [-0.39, 0.29) is 28.3 Å². The summed E-state index contributed by atoms with van der Waals surface area (Å²) in [5.41, 5.74) is -0.0584. The van der Waals surface area contributed by atoms with Gasteiger partial charge >= 0.3 is 12.1 Å². The van der Waals surface area contributed by atoms with Gasteiger partial charge in [0.1, 0.15) is 11.1 Å². The van der Waals surface area contributed by atoms with Gasteiger partial charge in [-0.3, -0.25) is 4.79 Å². The third-order valence-electron chi connectivity index (χ3n) is 4.59. The van der Waals surface area contributed by atoms with Crippen LogP contribution in [0.2, 0.25) is 0 Å². The number of halogens is 3. The lowest BCUT2D eigenvalue weighted by Gasteiger charge is -2.14. The van der Waals surface area contributed by atoms with Crippen molar-refractivity contribution in [1.29, 1.82) is 5.26 Å². The van der Waals surface area contributed by atoms with E-state index >= 15 is 0 Å². The SMILES string of the molecule is CCOC(=O)c1cc(C#N)c(C)nc1Sc1ccccc1NC(=O)c1cccc(C(F)(F)F)c1. The van der Waals surface area contributed by atoms with Gasteiger partial charge in [0.2, 0.25) is 0 Å². The van der Waals surface area contributed by atoms with Crippen LogP contribution in [0.4, 0.5) is 18.9 Å². The number of nitrogens with zero attached hydrogens (tertiary/aromatic N) is 2. The summed E-state index contributed by atoms with van der Waals surface area (Å²) in [4.78, 5) is 30.0. The molecule has 0 saturated carbocycles. The van der Waals surface area contributed by atoms with E-state index in [9.17, 15) is 28.0 Å². The number of alkyl halides is 3. The number of hydrogen-bond acceptors (Lipinski definition) is 6. The lowest BCUT2D eigenvalue weighted by atomic mass is 10.1. The number of esters is 1. The number of benzene rings is 2. The van der Waals surface area contributed by atoms with Gasteiger partial charge in [0.15, 0.2) is 0 Å². The van der Waals surface area contributed by atoms with Gasteiger partial charge in [0, 0.05) is 10.5 Å². The van der Waals surface area contributed by atoms with Crippen LogP contribution in [0.25, 0.3) is 0 Å². The van der Waals surface area contributed by atoms with Crippen LogP contribution in [-0.2, 0) is 10.9 Å². The molecule has 0 unspecified atom stereocenters. The van der Waals surface area contributed by atoms with Crippen LogP contribution in [0.3, 0.4) is 0 Å². The zero-order valence-corrected chi connectivity index (χ0v) is 18.9. The molecule has 1 heterocycles. The molecular formula is C24H18F3N3O3S. The smallest absolute Gasteiger partial charge is 0.416 e. The average molecular weight is 485 g/mol. The highest BCUT2D eigenvalue weighted by molar-refractivity contribution is 7.99. The second-order valence-electron chi connectivity index (χ2n) is 6.94. The van der Waals surface area contributed by atoms with Crippen molar-refractivity contribution in [3.05, 3.63) is 82.5 Å². The molecule has 0 saturated heterocycles. The van der Waals surface area contributed by atoms with E-state index < -0.39 is 23.6 Å². The predicted molar refractivity (Wildman–Crippen MR) is 120 cm³/mol. The first-order valence-electron chi connectivity index (χ1n) is 9.98. The molecule has 6 nitrogen and oxygen atoms in total. The standard InChI is InChI=1S/C24H18F3N3O3S/c1-3-33-23(32)18-12-16(13-28)14(2)29-22(18)34-20-10-5-4-9-19(20)30-21(31)15-7-6-8-17(11-15)24(25,26)27/h4-12H,3H2,1-2H3,(H,30,31). The highest BCUT2D eigenvalue weighted by Gasteiger charge is 2.31. The zero-order valence-electron chi connectivity index (χ0n) is 18.1. The van der Waals surface area contributed by atoms with Crippen LogP contribution in [0.5, 0.6) is 0 Å². The third-order valence-corrected chi connectivity index (χ3v) is 5.67. The van der Waals surface area contributed by atoms with Crippen molar-refractivity contribution in [2.24, 2.45) is 0 Å². The quantitative estimate of drug-likeness (QED) is 0.440. The molecule has 1 aromatic heterocycles. The molecule has 0 spiro atoms. The number of nitriles is 1. The lowest BCUT2D eigenvalue weighted by molar-refractivity contribution is -0.137. The van der Waals surface area contributed by atoms with E-state index in [0.717, 1.165) is 30.0 Å². The molecular weight excluding hydrogens is 467 g/mol. The monoisotopic (exact) mass is 485 g/mol. The van der Waals surface area contributed by atoms with Crippen molar-refractivity contribution in [2.45, 2.75) is 29.9 Å². The normalized spacial score (nSPS) is 10.9. The van der Waals surface area contributed by atoms with Crippen molar-refractivity contribution in [2.75, 3.05) is 11.9 Å². The Hall–Kier alpha value is -3.84. The van der Waals surface area contributed by atoms with Gasteiger partial charge in [0.25, 0.3) is 5.91 Å². The molecule has 1 amide bonds. The second-order valence-corrected chi connectivity index (χ2v) is 7.97. The molecule has 2 aromatic carbocycles. The largest absolute Gasteiger partial charge is 0.462 e. The summed E-state index contributed by atoms with van der Waals surface area (Å²) < 4.78 is 44.1. The van der Waals surface area contributed by atoms with Gasteiger partial charge in [-0.25, -0.2) is 9.78 Å². The van der Waals surface area contributed by atoms with E-state index in [1.54, 1.807) is 38.1 Å². The van der Waals surface area contributed by atoms with Crippen molar-refractivity contribution < 1.29 is 27.5 Å². The van der Waals surface area contributed by atoms with Gasteiger partial charge in [-0.05, 0) is 50.2 Å². The zero-order chi connectivity index (χ0) is 24.9. The number of carbonyl (C=O) groups is 2. The molecule has 0 bridgehead atoms. The summed E-state index contributed by atoms with van der Waals surface area (Å²) in [7, 11) is 0. The predicted octanol–water partition coefficient (Wildman–Crippen LogP) is 5.86. The Bertz CT molecular complexity index is 1290. The molecule has 0 aliphatic rings. The number of nitrogens with one attached hydrogen (secondary N) is 1. The van der Waals surface area contributed by atoms with Gasteiger partial charge in [-0.2, -0.15) is 18.4 Å². The van der Waals surface area contributed by atoms with Crippen molar-refractivity contribution in [3.63, 3.8) is 0 Å². The summed E-state index contributed by atoms with van der Waals surface area (Å²) in [6.45, 7) is 3.40. The first kappa shape index (κ1) is 24.8. The minimum absolute atomic E-state index is 0.0907. The van der Waals surface area contributed by atoms with Crippen LogP contribution in [-0.4, -0.2) is 23.5 Å². The molecule has 3 rings (SSSR count). The van der Waals surface area contributed by atoms with E-state index in [0.29, 0.717) is 16.3 Å². The maximum Gasteiger partial charge on any atom is 0.416 e. The number of hydrogen-bond donors (Lipinski definition) is 1. The number of ether oxygens (including phenoxy) is 1. The van der Waals surface area contributed by atoms with Crippen LogP contribution < -0.4 is 5.32 Å². The fraction of sp³-hybridized carbons (Fsp3) is 0.167. The number of aryl methyl sites for hydroxylation is 1. The summed E-state index contributed by atoms with van der Waals surface area (Å²) in [5, 5.41) is 12.2. The summed E-state index contributed by atoms with van der Waals surface area (Å²) in [6, 6.07) is 14.1. The van der Waals surface area contributed by atoms with Crippen molar-refractivity contribution >= 4 is 29.3 Å². The Morgan fingerprint density at radius 2 is 1.88 bits per heavy atom. The number of rotatable bonds is 6. The maximum atomic E-state index is 13.0. The highest BCUT2D eigenvalue weighted by Crippen LogP contribution is 2.36. The minimum Gasteiger partial charge on any atom is -0.462 e. The maximum absolute atomic E-state index is 13.0. The van der Waals surface area contributed by atoms with Crippen LogP contribution in [0.1, 0.15) is 44.5 Å². The molecule has 0 aliphatic heterocycles. The lowest BCUT2D eigenvalue weighted by Crippen LogP contribution is -2.14. The summed E-state index contributed by atoms with van der Waals surface area (Å²) >= 11 is 1.06. The van der Waals surface area contributed by atoms with E-state index in [2.05, 4.69) is 10.3 Å². The Morgan fingerprint density at radius 3 is 2.56 bits per heavy atom. The number of para-hydroxylation sites is 1. The van der Waals surface area contributed by atoms with Gasteiger partial charge in [-0.1, -0.05) is 30.0 Å². The van der Waals surface area contributed by atoms with E-state index in [1.165, 1.54) is 12.1 Å². The molecule has 0 fully saturated rings. The van der Waals surface area contributed by atoms with Gasteiger partial charge in [-0.15, -0.1) is 0 Å². The van der Waals surface area contributed by atoms with Gasteiger partial charge < -0.3 is 10.1 Å². The highest BCUT2D eigenvalue weighted by atomic mass is 32.2. The average Bonchev–Trinajstić information content (AvgIpc) is 2.80. The molecule has 34 heavy (non-hydrogen) atoms. The summed E-state index contributed by atoms with van der Waals surface area (Å²) in [5.74, 6) is -1.38. The molecule has 3 aromatic rings.